The molecule has 0 radical (unpaired) electrons. The topological polar surface area (TPSA) is 16.1 Å². The van der Waals surface area contributed by atoms with Crippen LogP contribution in [0.4, 0.5) is 5.69 Å². The largest absolute Gasteiger partial charge is 0.376 e. The second-order valence-electron chi connectivity index (χ2n) is 4.52. The smallest absolute Gasteiger partial charge is 0.0689 e. The second kappa shape index (κ2) is 3.36. The summed E-state index contributed by atoms with van der Waals surface area (Å²) in [5.74, 6) is 0. The summed E-state index contributed by atoms with van der Waals surface area (Å²) in [6, 6.07) is 4.08. The third kappa shape index (κ3) is 2.20. The monoisotopic (exact) mass is 178 g/mol. The summed E-state index contributed by atoms with van der Waals surface area (Å²) in [6.07, 6.45) is 1.85. The van der Waals surface area contributed by atoms with Gasteiger partial charge < -0.3 is 4.90 Å². The summed E-state index contributed by atoms with van der Waals surface area (Å²) in [4.78, 5) is 6.53. The van der Waals surface area contributed by atoms with E-state index >= 15 is 0 Å². The van der Waals surface area contributed by atoms with Crippen LogP contribution in [0.15, 0.2) is 18.3 Å². The number of anilines is 1. The Bertz CT molecular complexity index is 284. The molecule has 0 aliphatic heterocycles. The molecule has 1 aromatic rings. The highest BCUT2D eigenvalue weighted by molar-refractivity contribution is 5.51. The standard InChI is InChI=1S/C11H18N2/c1-11(2,3)10-9(13(4)5)7-6-8-12-10/h6-8H,1-5H3. The number of pyridine rings is 1. The minimum Gasteiger partial charge on any atom is -0.376 e. The van der Waals surface area contributed by atoms with Crippen molar-refractivity contribution in [3.63, 3.8) is 0 Å². The predicted molar refractivity (Wildman–Crippen MR) is 57.3 cm³/mol. The molecule has 1 aromatic heterocycles. The van der Waals surface area contributed by atoms with E-state index in [2.05, 4.69) is 36.7 Å². The molecule has 1 heterocycles. The van der Waals surface area contributed by atoms with Gasteiger partial charge in [-0.1, -0.05) is 20.8 Å². The van der Waals surface area contributed by atoms with Gasteiger partial charge in [0.2, 0.25) is 0 Å². The lowest BCUT2D eigenvalue weighted by Gasteiger charge is -2.24. The van der Waals surface area contributed by atoms with Crippen molar-refractivity contribution in [3.05, 3.63) is 24.0 Å². The highest BCUT2D eigenvalue weighted by Gasteiger charge is 2.19. The van der Waals surface area contributed by atoms with Crippen molar-refractivity contribution in [2.75, 3.05) is 19.0 Å². The number of hydrogen-bond acceptors (Lipinski definition) is 2. The molecule has 0 aliphatic rings. The molecule has 72 valence electrons. The van der Waals surface area contributed by atoms with Gasteiger partial charge in [-0.05, 0) is 12.1 Å². The van der Waals surface area contributed by atoms with Crippen LogP contribution in [0.5, 0.6) is 0 Å². The molecule has 0 spiro atoms. The fourth-order valence-electron chi connectivity index (χ4n) is 1.34. The maximum absolute atomic E-state index is 4.43. The molecule has 0 N–H and O–H groups in total. The first kappa shape index (κ1) is 10.0. The normalized spacial score (nSPS) is 11.5. The van der Waals surface area contributed by atoms with Gasteiger partial charge in [0.15, 0.2) is 0 Å². The van der Waals surface area contributed by atoms with Crippen LogP contribution in [0, 0.1) is 0 Å². The molecule has 0 aromatic carbocycles. The summed E-state index contributed by atoms with van der Waals surface area (Å²) >= 11 is 0. The Kier molecular flexibility index (Phi) is 2.60. The van der Waals surface area contributed by atoms with Crippen LogP contribution in [0.1, 0.15) is 26.5 Å². The van der Waals surface area contributed by atoms with Crippen molar-refractivity contribution in [1.29, 1.82) is 0 Å². The van der Waals surface area contributed by atoms with Crippen LogP contribution < -0.4 is 4.90 Å². The molecule has 0 bridgehead atoms. The van der Waals surface area contributed by atoms with Gasteiger partial charge in [-0.3, -0.25) is 4.98 Å². The van der Waals surface area contributed by atoms with E-state index in [1.807, 2.05) is 26.4 Å². The number of aromatic nitrogens is 1. The van der Waals surface area contributed by atoms with Gasteiger partial charge in [-0.25, -0.2) is 0 Å². The molecule has 13 heavy (non-hydrogen) atoms. The van der Waals surface area contributed by atoms with Crippen molar-refractivity contribution in [1.82, 2.24) is 4.98 Å². The SMILES string of the molecule is CN(C)c1cccnc1C(C)(C)C. The zero-order chi connectivity index (χ0) is 10.1. The Morgan fingerprint density at radius 2 is 1.85 bits per heavy atom. The minimum absolute atomic E-state index is 0.112. The Balaban J connectivity index is 3.20. The van der Waals surface area contributed by atoms with E-state index in [1.165, 1.54) is 5.69 Å². The van der Waals surface area contributed by atoms with Crippen LogP contribution >= 0.6 is 0 Å². The molecule has 0 saturated heterocycles. The first-order valence-corrected chi connectivity index (χ1v) is 4.56. The summed E-state index contributed by atoms with van der Waals surface area (Å²) in [5.41, 5.74) is 2.47. The van der Waals surface area contributed by atoms with Crippen molar-refractivity contribution < 1.29 is 0 Å². The van der Waals surface area contributed by atoms with E-state index in [0.29, 0.717) is 0 Å². The Morgan fingerprint density at radius 1 is 1.23 bits per heavy atom. The van der Waals surface area contributed by atoms with Crippen molar-refractivity contribution in [2.45, 2.75) is 26.2 Å². The lowest BCUT2D eigenvalue weighted by atomic mass is 9.90. The zero-order valence-corrected chi connectivity index (χ0v) is 9.13. The average Bonchev–Trinajstić information content (AvgIpc) is 2.03. The molecular weight excluding hydrogens is 160 g/mol. The predicted octanol–water partition coefficient (Wildman–Crippen LogP) is 2.45. The van der Waals surface area contributed by atoms with Crippen LogP contribution in [-0.4, -0.2) is 19.1 Å². The zero-order valence-electron chi connectivity index (χ0n) is 9.13. The number of nitrogens with zero attached hydrogens (tertiary/aromatic N) is 2. The second-order valence-corrected chi connectivity index (χ2v) is 4.52. The van der Waals surface area contributed by atoms with Crippen LogP contribution in [0.2, 0.25) is 0 Å². The average molecular weight is 178 g/mol. The van der Waals surface area contributed by atoms with Gasteiger partial charge in [0.25, 0.3) is 0 Å². The van der Waals surface area contributed by atoms with E-state index in [9.17, 15) is 0 Å². The van der Waals surface area contributed by atoms with Crippen LogP contribution in [0.3, 0.4) is 0 Å². The molecule has 0 fully saturated rings. The van der Waals surface area contributed by atoms with E-state index in [0.717, 1.165) is 5.69 Å². The van der Waals surface area contributed by atoms with Crippen molar-refractivity contribution in [3.8, 4) is 0 Å². The first-order valence-electron chi connectivity index (χ1n) is 4.56. The van der Waals surface area contributed by atoms with Gasteiger partial charge in [-0.15, -0.1) is 0 Å². The summed E-state index contributed by atoms with van der Waals surface area (Å²) in [7, 11) is 4.10. The molecule has 0 aliphatic carbocycles. The molecule has 2 nitrogen and oxygen atoms in total. The number of hydrogen-bond donors (Lipinski definition) is 0. The van der Waals surface area contributed by atoms with Crippen LogP contribution in [-0.2, 0) is 5.41 Å². The lowest BCUT2D eigenvalue weighted by molar-refractivity contribution is 0.568. The van der Waals surface area contributed by atoms with E-state index in [-0.39, 0.29) is 5.41 Å². The summed E-state index contributed by atoms with van der Waals surface area (Å²) < 4.78 is 0. The van der Waals surface area contributed by atoms with Gasteiger partial charge in [0.05, 0.1) is 11.4 Å². The van der Waals surface area contributed by atoms with Gasteiger partial charge in [0.1, 0.15) is 0 Å². The fourth-order valence-corrected chi connectivity index (χ4v) is 1.34. The van der Waals surface area contributed by atoms with Gasteiger partial charge in [-0.2, -0.15) is 0 Å². The molecule has 0 amide bonds. The highest BCUT2D eigenvalue weighted by atomic mass is 15.1. The molecule has 0 saturated carbocycles. The van der Waals surface area contributed by atoms with E-state index < -0.39 is 0 Å². The molecule has 1 rings (SSSR count). The Morgan fingerprint density at radius 3 is 2.23 bits per heavy atom. The van der Waals surface area contributed by atoms with Crippen molar-refractivity contribution in [2.24, 2.45) is 0 Å². The van der Waals surface area contributed by atoms with E-state index in [4.69, 9.17) is 0 Å². The van der Waals surface area contributed by atoms with Gasteiger partial charge >= 0.3 is 0 Å². The summed E-state index contributed by atoms with van der Waals surface area (Å²) in [5, 5.41) is 0. The van der Waals surface area contributed by atoms with Gasteiger partial charge in [0, 0.05) is 25.7 Å². The first-order chi connectivity index (χ1) is 5.93. The Labute approximate surface area is 80.6 Å². The third-order valence-electron chi connectivity index (χ3n) is 1.98. The van der Waals surface area contributed by atoms with Crippen LogP contribution in [0.25, 0.3) is 0 Å². The van der Waals surface area contributed by atoms with E-state index in [1.54, 1.807) is 0 Å². The highest BCUT2D eigenvalue weighted by Crippen LogP contribution is 2.28. The minimum atomic E-state index is 0.112. The maximum atomic E-state index is 4.43. The molecule has 2 heteroatoms. The molecule has 0 atom stereocenters. The Hall–Kier alpha value is -1.05. The molecular formula is C11H18N2. The summed E-state index contributed by atoms with van der Waals surface area (Å²) in [6.45, 7) is 6.55. The quantitative estimate of drug-likeness (QED) is 0.656. The third-order valence-corrected chi connectivity index (χ3v) is 1.98. The maximum Gasteiger partial charge on any atom is 0.0689 e. The fraction of sp³-hybridized carbons (Fsp3) is 0.545. The molecule has 0 unspecified atom stereocenters. The van der Waals surface area contributed by atoms with Crippen molar-refractivity contribution >= 4 is 5.69 Å². The number of rotatable bonds is 1. The lowest BCUT2D eigenvalue weighted by Crippen LogP contribution is -2.20.